The highest BCUT2D eigenvalue weighted by Crippen LogP contribution is 2.38. The van der Waals surface area contributed by atoms with E-state index in [1.807, 2.05) is 12.2 Å². The largest absolute Gasteiger partial charge is 0.573 e. The van der Waals surface area contributed by atoms with Crippen molar-refractivity contribution < 1.29 is 27.1 Å². The van der Waals surface area contributed by atoms with Crippen molar-refractivity contribution in [2.75, 3.05) is 13.1 Å². The number of fused-ring (bicyclic) bond motifs is 3. The molecule has 0 radical (unpaired) electrons. The maximum absolute atomic E-state index is 13.4. The number of halogens is 5. The highest BCUT2D eigenvalue weighted by molar-refractivity contribution is 6.29. The lowest BCUT2D eigenvalue weighted by molar-refractivity contribution is -0.274. The van der Waals surface area contributed by atoms with E-state index in [4.69, 9.17) is 11.6 Å². The fraction of sp³-hybridized carbons (Fsp3) is 0.214. The zero-order valence-corrected chi connectivity index (χ0v) is 21.3. The summed E-state index contributed by atoms with van der Waals surface area (Å²) in [5.41, 5.74) is 3.13. The molecule has 2 aromatic carbocycles. The summed E-state index contributed by atoms with van der Waals surface area (Å²) in [7, 11) is 0. The number of nitrogens with one attached hydrogen (secondary N) is 1. The molecule has 0 spiro atoms. The molecule has 6 nitrogen and oxygen atoms in total. The van der Waals surface area contributed by atoms with E-state index in [9.17, 15) is 22.4 Å². The summed E-state index contributed by atoms with van der Waals surface area (Å²) in [6.45, 7) is 1.58. The first kappa shape index (κ1) is 26.7. The van der Waals surface area contributed by atoms with E-state index >= 15 is 0 Å². The molecular formula is C28H23ClF4N4O2. The van der Waals surface area contributed by atoms with Crippen molar-refractivity contribution in [3.63, 3.8) is 0 Å². The molecule has 3 heterocycles. The zero-order chi connectivity index (χ0) is 27.6. The summed E-state index contributed by atoms with van der Waals surface area (Å²) < 4.78 is 58.8. The third-order valence-corrected chi connectivity index (χ3v) is 6.63. The number of aromatic nitrogens is 2. The van der Waals surface area contributed by atoms with Gasteiger partial charge in [-0.2, -0.15) is 0 Å². The van der Waals surface area contributed by atoms with E-state index in [0.717, 1.165) is 11.1 Å². The maximum atomic E-state index is 13.4. The summed E-state index contributed by atoms with van der Waals surface area (Å²) in [6, 6.07) is 13.2. The van der Waals surface area contributed by atoms with Gasteiger partial charge in [-0.3, -0.25) is 9.47 Å². The van der Waals surface area contributed by atoms with Crippen LogP contribution in [0.15, 0.2) is 66.9 Å². The minimum atomic E-state index is -4.89. The number of hydrogen-bond donors (Lipinski definition) is 1. The number of carbonyl (C=O) groups is 1. The second-order valence-corrected chi connectivity index (χ2v) is 9.43. The van der Waals surface area contributed by atoms with Gasteiger partial charge < -0.3 is 10.1 Å². The summed E-state index contributed by atoms with van der Waals surface area (Å²) in [4.78, 5) is 19.4. The Hall–Kier alpha value is -3.89. The van der Waals surface area contributed by atoms with Crippen LogP contribution < -0.4 is 10.1 Å². The average Bonchev–Trinajstić information content (AvgIpc) is 3.22. The zero-order valence-electron chi connectivity index (χ0n) is 20.5. The van der Waals surface area contributed by atoms with Gasteiger partial charge in [0.05, 0.1) is 5.52 Å². The van der Waals surface area contributed by atoms with Gasteiger partial charge >= 0.3 is 12.4 Å². The van der Waals surface area contributed by atoms with Crippen LogP contribution in [-0.4, -0.2) is 39.9 Å². The first-order valence-electron chi connectivity index (χ1n) is 12.1. The van der Waals surface area contributed by atoms with Gasteiger partial charge in [-0.05, 0) is 53.1 Å². The average molecular weight is 559 g/mol. The number of amides is 1. The van der Waals surface area contributed by atoms with Gasteiger partial charge in [0.1, 0.15) is 16.7 Å². The van der Waals surface area contributed by atoms with Crippen molar-refractivity contribution in [1.82, 2.24) is 19.8 Å². The van der Waals surface area contributed by atoms with Gasteiger partial charge in [0.15, 0.2) is 0 Å². The highest BCUT2D eigenvalue weighted by atomic mass is 35.5. The molecule has 4 aromatic rings. The molecule has 5 rings (SSSR count). The van der Waals surface area contributed by atoms with Gasteiger partial charge in [-0.1, -0.05) is 42.0 Å². The fourth-order valence-corrected chi connectivity index (χ4v) is 4.95. The Labute approximate surface area is 226 Å². The van der Waals surface area contributed by atoms with Gasteiger partial charge in [-0.15, -0.1) is 13.2 Å². The molecule has 0 unspecified atom stereocenters. The van der Waals surface area contributed by atoms with E-state index in [1.165, 1.54) is 35.0 Å². The summed E-state index contributed by atoms with van der Waals surface area (Å²) in [5, 5.41) is 3.36. The Bertz CT molecular complexity index is 1530. The Balaban J connectivity index is 1.45. The lowest BCUT2D eigenvalue weighted by Crippen LogP contribution is -2.34. The highest BCUT2D eigenvalue weighted by Gasteiger charge is 2.34. The van der Waals surface area contributed by atoms with Crippen molar-refractivity contribution in [1.29, 1.82) is 0 Å². The second-order valence-electron chi connectivity index (χ2n) is 9.04. The maximum Gasteiger partial charge on any atom is 0.573 e. The molecule has 0 atom stereocenters. The number of hydrogen-bond acceptors (Lipinski definition) is 4. The molecule has 1 aliphatic heterocycles. The van der Waals surface area contributed by atoms with Crippen molar-refractivity contribution in [2.24, 2.45) is 0 Å². The van der Waals surface area contributed by atoms with Crippen molar-refractivity contribution >= 4 is 34.6 Å². The number of nitrogens with zero attached hydrogens (tertiary/aromatic N) is 3. The van der Waals surface area contributed by atoms with Crippen molar-refractivity contribution in [2.45, 2.75) is 25.9 Å². The van der Waals surface area contributed by atoms with Crippen LogP contribution in [0.25, 0.3) is 17.0 Å². The molecule has 202 valence electrons. The van der Waals surface area contributed by atoms with Crippen LogP contribution in [0, 0.1) is 5.82 Å². The third kappa shape index (κ3) is 6.23. The van der Waals surface area contributed by atoms with Crippen LogP contribution in [0.4, 0.5) is 22.4 Å². The van der Waals surface area contributed by atoms with E-state index in [0.29, 0.717) is 42.8 Å². The van der Waals surface area contributed by atoms with E-state index in [-0.39, 0.29) is 28.7 Å². The minimum Gasteiger partial charge on any atom is -0.405 e. The number of rotatable bonds is 6. The first-order chi connectivity index (χ1) is 18.7. The van der Waals surface area contributed by atoms with Crippen molar-refractivity contribution in [3.05, 3.63) is 100 Å². The van der Waals surface area contributed by atoms with Crippen LogP contribution in [0.2, 0.25) is 5.15 Å². The molecule has 0 saturated carbocycles. The van der Waals surface area contributed by atoms with E-state index < -0.39 is 12.4 Å². The SMILES string of the molecule is O=C(NCc1ccnc(Cl)c1)n1c2c(c3c(OC(F)(F)F)cccc31)CN(C/C=C/c1ccc(F)cc1)CC2. The Morgan fingerprint density at radius 1 is 1.15 bits per heavy atom. The van der Waals surface area contributed by atoms with Gasteiger partial charge in [0.25, 0.3) is 0 Å². The van der Waals surface area contributed by atoms with E-state index in [2.05, 4.69) is 19.9 Å². The fourth-order valence-electron chi connectivity index (χ4n) is 4.75. The predicted molar refractivity (Wildman–Crippen MR) is 140 cm³/mol. The quantitative estimate of drug-likeness (QED) is 0.215. The lowest BCUT2D eigenvalue weighted by atomic mass is 10.0. The summed E-state index contributed by atoms with van der Waals surface area (Å²) >= 11 is 5.93. The van der Waals surface area contributed by atoms with Gasteiger partial charge in [-0.25, -0.2) is 14.2 Å². The van der Waals surface area contributed by atoms with Crippen LogP contribution in [0.3, 0.4) is 0 Å². The third-order valence-electron chi connectivity index (χ3n) is 6.42. The van der Waals surface area contributed by atoms with Crippen LogP contribution in [0.5, 0.6) is 5.75 Å². The molecule has 0 fully saturated rings. The van der Waals surface area contributed by atoms with Crippen molar-refractivity contribution in [3.8, 4) is 5.75 Å². The molecule has 11 heteroatoms. The smallest absolute Gasteiger partial charge is 0.405 e. The number of ether oxygens (including phenoxy) is 1. The number of pyridine rings is 1. The topological polar surface area (TPSA) is 59.4 Å². The molecule has 1 aliphatic rings. The Morgan fingerprint density at radius 3 is 2.69 bits per heavy atom. The summed E-state index contributed by atoms with van der Waals surface area (Å²) in [6.07, 6.45) is 0.843. The minimum absolute atomic E-state index is 0.161. The monoisotopic (exact) mass is 558 g/mol. The predicted octanol–water partition coefficient (Wildman–Crippen LogP) is 6.56. The van der Waals surface area contributed by atoms with Crippen LogP contribution in [0.1, 0.15) is 22.4 Å². The Kier molecular flexibility index (Phi) is 7.58. The second kappa shape index (κ2) is 11.1. The molecule has 2 aromatic heterocycles. The first-order valence-corrected chi connectivity index (χ1v) is 12.5. The Morgan fingerprint density at radius 2 is 1.95 bits per heavy atom. The van der Waals surface area contributed by atoms with E-state index in [1.54, 1.807) is 30.3 Å². The van der Waals surface area contributed by atoms with Crippen LogP contribution >= 0.6 is 11.6 Å². The summed E-state index contributed by atoms with van der Waals surface area (Å²) in [5.74, 6) is -0.676. The normalized spacial score (nSPS) is 14.1. The number of alkyl halides is 3. The molecule has 0 bridgehead atoms. The molecule has 1 N–H and O–H groups in total. The molecule has 0 saturated heterocycles. The van der Waals surface area contributed by atoms with Crippen LogP contribution in [-0.2, 0) is 19.5 Å². The molecular weight excluding hydrogens is 536 g/mol. The molecule has 39 heavy (non-hydrogen) atoms. The molecule has 1 amide bonds. The van der Waals surface area contributed by atoms with Gasteiger partial charge in [0.2, 0.25) is 0 Å². The standard InChI is InChI=1S/C28H23ClF4N4O2/c29-25-15-19(10-12-34-25)16-35-27(38)37-22-11-14-36(13-2-3-18-6-8-20(30)9-7-18)17-21(22)26-23(37)4-1-5-24(26)39-28(31,32)33/h1-10,12,15H,11,13-14,16-17H2,(H,35,38)/b3-2+. The number of benzene rings is 2. The lowest BCUT2D eigenvalue weighted by Gasteiger charge is -2.27. The van der Waals surface area contributed by atoms with Gasteiger partial charge in [0, 0.05) is 49.9 Å². The molecule has 0 aliphatic carbocycles. The number of carbonyl (C=O) groups excluding carboxylic acids is 1.